The molecule has 3 aliphatic rings. The van der Waals surface area contributed by atoms with Gasteiger partial charge in [0.1, 0.15) is 13.2 Å². The van der Waals surface area contributed by atoms with Gasteiger partial charge < -0.3 is 19.3 Å². The molecular formula is C25H28F3N3O5S. The molecule has 37 heavy (non-hydrogen) atoms. The van der Waals surface area contributed by atoms with E-state index in [4.69, 9.17) is 9.47 Å². The molecule has 0 radical (unpaired) electrons. The van der Waals surface area contributed by atoms with Crippen molar-refractivity contribution in [2.75, 3.05) is 57.4 Å². The summed E-state index contributed by atoms with van der Waals surface area (Å²) < 4.78 is 77.8. The maximum atomic E-state index is 13.2. The first-order valence-electron chi connectivity index (χ1n) is 12.2. The number of hydrogen-bond acceptors (Lipinski definition) is 6. The molecule has 12 heteroatoms. The fourth-order valence-corrected chi connectivity index (χ4v) is 6.48. The van der Waals surface area contributed by atoms with Gasteiger partial charge in [-0.1, -0.05) is 6.07 Å². The lowest BCUT2D eigenvalue weighted by Crippen LogP contribution is -2.52. The highest BCUT2D eigenvalue weighted by molar-refractivity contribution is 7.89. The second-order valence-corrected chi connectivity index (χ2v) is 11.3. The maximum absolute atomic E-state index is 13.2. The van der Waals surface area contributed by atoms with Gasteiger partial charge in [-0.25, -0.2) is 8.42 Å². The van der Waals surface area contributed by atoms with E-state index < -0.39 is 21.8 Å². The second-order valence-electron chi connectivity index (χ2n) is 9.34. The molecule has 2 fully saturated rings. The van der Waals surface area contributed by atoms with E-state index in [2.05, 4.69) is 0 Å². The minimum absolute atomic E-state index is 0.0277. The lowest BCUT2D eigenvalue weighted by atomic mass is 9.96. The lowest BCUT2D eigenvalue weighted by Gasteiger charge is -2.39. The summed E-state index contributed by atoms with van der Waals surface area (Å²) in [6.07, 6.45) is -3.58. The minimum atomic E-state index is -4.40. The number of anilines is 1. The van der Waals surface area contributed by atoms with Crippen molar-refractivity contribution in [2.24, 2.45) is 5.92 Å². The highest BCUT2D eigenvalue weighted by atomic mass is 32.2. The quantitative estimate of drug-likeness (QED) is 0.594. The van der Waals surface area contributed by atoms with Crippen LogP contribution in [0.5, 0.6) is 11.5 Å². The molecular weight excluding hydrogens is 511 g/mol. The standard InChI is InChI=1S/C25H28F3N3O5S/c26-25(27,28)19-2-1-3-20(16-19)29-10-12-30(13-11-29)24(32)18-6-8-31(9-7-18)37(33,34)21-4-5-22-23(17-21)36-15-14-35-22/h1-5,16-18H,6-15H2. The summed E-state index contributed by atoms with van der Waals surface area (Å²) in [4.78, 5) is 16.8. The average Bonchev–Trinajstić information content (AvgIpc) is 2.92. The highest BCUT2D eigenvalue weighted by Crippen LogP contribution is 2.35. The van der Waals surface area contributed by atoms with Crippen LogP contribution in [0.2, 0.25) is 0 Å². The van der Waals surface area contributed by atoms with E-state index in [1.807, 2.05) is 4.90 Å². The molecule has 0 aromatic heterocycles. The first-order chi connectivity index (χ1) is 17.6. The molecule has 0 atom stereocenters. The molecule has 0 bridgehead atoms. The Morgan fingerprint density at radius 2 is 1.54 bits per heavy atom. The normalized spacial score (nSPS) is 19.6. The molecule has 2 aromatic rings. The Bertz CT molecular complexity index is 1250. The first kappa shape index (κ1) is 25.7. The number of fused-ring (bicyclic) bond motifs is 1. The van der Waals surface area contributed by atoms with Gasteiger partial charge in [-0.15, -0.1) is 0 Å². The Morgan fingerprint density at radius 3 is 2.22 bits per heavy atom. The Hall–Kier alpha value is -2.99. The fraction of sp³-hybridized carbons (Fsp3) is 0.480. The topological polar surface area (TPSA) is 79.4 Å². The van der Waals surface area contributed by atoms with Crippen molar-refractivity contribution in [2.45, 2.75) is 23.9 Å². The van der Waals surface area contributed by atoms with E-state index in [9.17, 15) is 26.4 Å². The second kappa shape index (κ2) is 10.1. The van der Waals surface area contributed by atoms with Crippen molar-refractivity contribution in [3.05, 3.63) is 48.0 Å². The Labute approximate surface area is 213 Å². The number of sulfonamides is 1. The first-order valence-corrected chi connectivity index (χ1v) is 13.7. The number of benzene rings is 2. The molecule has 0 saturated carbocycles. The van der Waals surface area contributed by atoms with Gasteiger partial charge in [0.05, 0.1) is 10.5 Å². The Balaban J connectivity index is 1.16. The maximum Gasteiger partial charge on any atom is 0.416 e. The van der Waals surface area contributed by atoms with Crippen LogP contribution in [0.25, 0.3) is 0 Å². The van der Waals surface area contributed by atoms with Gasteiger partial charge in [-0.05, 0) is 43.2 Å². The number of ether oxygens (including phenoxy) is 2. The number of piperazine rings is 1. The van der Waals surface area contributed by atoms with Crippen LogP contribution >= 0.6 is 0 Å². The van der Waals surface area contributed by atoms with E-state index in [0.29, 0.717) is 69.4 Å². The molecule has 3 heterocycles. The summed E-state index contributed by atoms with van der Waals surface area (Å²) in [6.45, 7) is 2.93. The summed E-state index contributed by atoms with van der Waals surface area (Å²) in [6, 6.07) is 9.79. The lowest BCUT2D eigenvalue weighted by molar-refractivity contribution is -0.137. The van der Waals surface area contributed by atoms with Crippen LogP contribution in [-0.4, -0.2) is 76.0 Å². The van der Waals surface area contributed by atoms with Gasteiger partial charge in [-0.2, -0.15) is 17.5 Å². The molecule has 2 aromatic carbocycles. The molecule has 1 amide bonds. The average molecular weight is 540 g/mol. The largest absolute Gasteiger partial charge is 0.486 e. The number of piperidine rings is 1. The van der Waals surface area contributed by atoms with E-state index in [0.717, 1.165) is 12.1 Å². The van der Waals surface area contributed by atoms with E-state index in [1.165, 1.54) is 22.5 Å². The number of rotatable bonds is 4. The number of carbonyl (C=O) groups excluding carboxylic acids is 1. The molecule has 0 aliphatic carbocycles. The van der Waals surface area contributed by atoms with Crippen LogP contribution < -0.4 is 14.4 Å². The Morgan fingerprint density at radius 1 is 0.865 bits per heavy atom. The van der Waals surface area contributed by atoms with Gasteiger partial charge in [0.15, 0.2) is 11.5 Å². The van der Waals surface area contributed by atoms with Gasteiger partial charge >= 0.3 is 6.18 Å². The molecule has 0 spiro atoms. The number of nitrogens with zero attached hydrogens (tertiary/aromatic N) is 3. The summed E-state index contributed by atoms with van der Waals surface area (Å²) in [5.74, 6) is 0.608. The van der Waals surface area contributed by atoms with Gasteiger partial charge in [-0.3, -0.25) is 4.79 Å². The van der Waals surface area contributed by atoms with Gasteiger partial charge in [0.25, 0.3) is 0 Å². The molecule has 0 unspecified atom stereocenters. The van der Waals surface area contributed by atoms with Crippen molar-refractivity contribution >= 4 is 21.6 Å². The smallest absolute Gasteiger partial charge is 0.416 e. The summed E-state index contributed by atoms with van der Waals surface area (Å²) >= 11 is 0. The van der Waals surface area contributed by atoms with Crippen molar-refractivity contribution < 1.29 is 35.9 Å². The third-order valence-electron chi connectivity index (χ3n) is 7.08. The van der Waals surface area contributed by atoms with Crippen LogP contribution in [0.15, 0.2) is 47.4 Å². The zero-order valence-electron chi connectivity index (χ0n) is 20.1. The zero-order valence-corrected chi connectivity index (χ0v) is 20.9. The summed E-state index contributed by atoms with van der Waals surface area (Å²) in [7, 11) is -3.74. The van der Waals surface area contributed by atoms with E-state index in [1.54, 1.807) is 17.0 Å². The van der Waals surface area contributed by atoms with Crippen LogP contribution in [0.4, 0.5) is 18.9 Å². The summed E-state index contributed by atoms with van der Waals surface area (Å²) in [5.41, 5.74) is -0.207. The number of halogens is 3. The molecule has 5 rings (SSSR count). The van der Waals surface area contributed by atoms with Crippen LogP contribution in [-0.2, 0) is 21.0 Å². The Kier molecular flexibility index (Phi) is 6.97. The van der Waals surface area contributed by atoms with Gasteiger partial charge in [0, 0.05) is 56.9 Å². The summed E-state index contributed by atoms with van der Waals surface area (Å²) in [5, 5.41) is 0. The molecule has 0 N–H and O–H groups in total. The van der Waals surface area contributed by atoms with Crippen molar-refractivity contribution in [3.8, 4) is 11.5 Å². The number of hydrogen-bond donors (Lipinski definition) is 0. The predicted molar refractivity (Wildman–Crippen MR) is 129 cm³/mol. The van der Waals surface area contributed by atoms with Crippen molar-refractivity contribution in [3.63, 3.8) is 0 Å². The monoisotopic (exact) mass is 539 g/mol. The molecule has 200 valence electrons. The van der Waals surface area contributed by atoms with E-state index in [-0.39, 0.29) is 29.8 Å². The molecule has 8 nitrogen and oxygen atoms in total. The number of amides is 1. The van der Waals surface area contributed by atoms with Gasteiger partial charge in [0.2, 0.25) is 15.9 Å². The van der Waals surface area contributed by atoms with Crippen molar-refractivity contribution in [1.29, 1.82) is 0 Å². The van der Waals surface area contributed by atoms with Crippen LogP contribution in [0, 0.1) is 5.92 Å². The fourth-order valence-electron chi connectivity index (χ4n) is 5.00. The predicted octanol–water partition coefficient (Wildman–Crippen LogP) is 3.23. The third kappa shape index (κ3) is 5.35. The van der Waals surface area contributed by atoms with E-state index >= 15 is 0 Å². The molecule has 2 saturated heterocycles. The van der Waals surface area contributed by atoms with Crippen LogP contribution in [0.3, 0.4) is 0 Å². The minimum Gasteiger partial charge on any atom is -0.486 e. The number of alkyl halides is 3. The number of carbonyl (C=O) groups is 1. The third-order valence-corrected chi connectivity index (χ3v) is 8.98. The SMILES string of the molecule is O=C(C1CCN(S(=O)(=O)c2ccc3c(c2)OCCO3)CC1)N1CCN(c2cccc(C(F)(F)F)c2)CC1. The highest BCUT2D eigenvalue weighted by Gasteiger charge is 2.36. The van der Waals surface area contributed by atoms with Crippen molar-refractivity contribution in [1.82, 2.24) is 9.21 Å². The molecule has 3 aliphatic heterocycles. The van der Waals surface area contributed by atoms with Crippen LogP contribution in [0.1, 0.15) is 18.4 Å². The zero-order chi connectivity index (χ0) is 26.2.